The van der Waals surface area contributed by atoms with Crippen LogP contribution in [0.5, 0.6) is 0 Å². The van der Waals surface area contributed by atoms with E-state index in [9.17, 15) is 4.79 Å². The zero-order valence-electron chi connectivity index (χ0n) is 11.2. The predicted octanol–water partition coefficient (Wildman–Crippen LogP) is 0.962. The second-order valence-electron chi connectivity index (χ2n) is 5.28. The normalized spacial score (nSPS) is 18.8. The number of nitrogens with zero attached hydrogens (tertiary/aromatic N) is 1. The van der Waals surface area contributed by atoms with Gasteiger partial charge in [0, 0.05) is 13.1 Å². The number of primary amides is 1. The van der Waals surface area contributed by atoms with Crippen LogP contribution < -0.4 is 11.1 Å². The van der Waals surface area contributed by atoms with E-state index in [0.29, 0.717) is 0 Å². The molecule has 1 atom stereocenters. The van der Waals surface area contributed by atoms with E-state index in [4.69, 9.17) is 5.73 Å². The second kappa shape index (κ2) is 7.67. The molecule has 0 aromatic carbocycles. The van der Waals surface area contributed by atoms with Crippen LogP contribution >= 0.6 is 0 Å². The van der Waals surface area contributed by atoms with Gasteiger partial charge in [0.05, 0.1) is 6.04 Å². The topological polar surface area (TPSA) is 58.4 Å². The number of carbonyl (C=O) groups excluding carboxylic acids is 1. The number of likely N-dealkylation sites (N-methyl/N-ethyl adjacent to an activating group) is 1. The quantitative estimate of drug-likeness (QED) is 0.665. The highest BCUT2D eigenvalue weighted by atomic mass is 16.1. The maximum Gasteiger partial charge on any atom is 0.235 e. The van der Waals surface area contributed by atoms with E-state index in [1.807, 2.05) is 0 Å². The summed E-state index contributed by atoms with van der Waals surface area (Å²) < 4.78 is 0. The minimum absolute atomic E-state index is 0.207. The van der Waals surface area contributed by atoms with Crippen molar-refractivity contribution in [2.75, 3.05) is 26.7 Å². The summed E-state index contributed by atoms with van der Waals surface area (Å²) in [7, 11) is 2.09. The summed E-state index contributed by atoms with van der Waals surface area (Å²) in [6, 6.07) is -0.207. The first-order chi connectivity index (χ1) is 8.13. The van der Waals surface area contributed by atoms with Gasteiger partial charge in [-0.3, -0.25) is 4.79 Å². The Kier molecular flexibility index (Phi) is 6.52. The van der Waals surface area contributed by atoms with Crippen LogP contribution in [0.1, 0.15) is 39.0 Å². The van der Waals surface area contributed by atoms with Crippen LogP contribution in [0, 0.1) is 5.92 Å². The highest BCUT2D eigenvalue weighted by molar-refractivity contribution is 5.80. The third-order valence-electron chi connectivity index (χ3n) is 3.52. The van der Waals surface area contributed by atoms with Gasteiger partial charge in [0.2, 0.25) is 5.91 Å². The molecule has 0 aliphatic heterocycles. The van der Waals surface area contributed by atoms with E-state index < -0.39 is 0 Å². The first-order valence-electron chi connectivity index (χ1n) is 6.84. The van der Waals surface area contributed by atoms with Crippen molar-refractivity contribution in [3.05, 3.63) is 0 Å². The van der Waals surface area contributed by atoms with Crippen molar-refractivity contribution >= 4 is 5.91 Å². The summed E-state index contributed by atoms with van der Waals surface area (Å²) >= 11 is 0. The van der Waals surface area contributed by atoms with Gasteiger partial charge in [-0.05, 0) is 38.8 Å². The Labute approximate surface area is 105 Å². The fraction of sp³-hybridized carbons (Fsp3) is 0.923. The lowest BCUT2D eigenvalue weighted by Gasteiger charge is -2.25. The number of amides is 1. The highest BCUT2D eigenvalue weighted by Gasteiger charge is 2.20. The minimum Gasteiger partial charge on any atom is -0.368 e. The number of nitrogens with two attached hydrogens (primary N) is 1. The Morgan fingerprint density at radius 1 is 1.47 bits per heavy atom. The number of nitrogens with one attached hydrogen (secondary N) is 1. The number of hydrogen-bond acceptors (Lipinski definition) is 3. The standard InChI is InChI=1S/C13H27N3O/c1-3-8-15-12(13(14)17)10-16(2)9-11-6-4-5-7-11/h11-12,15H,3-10H2,1-2H3,(H2,14,17). The molecule has 17 heavy (non-hydrogen) atoms. The zero-order valence-corrected chi connectivity index (χ0v) is 11.2. The molecule has 1 aliphatic rings. The second-order valence-corrected chi connectivity index (χ2v) is 5.28. The van der Waals surface area contributed by atoms with Crippen LogP contribution in [0.3, 0.4) is 0 Å². The summed E-state index contributed by atoms with van der Waals surface area (Å²) in [5.41, 5.74) is 5.41. The molecule has 0 bridgehead atoms. The maximum absolute atomic E-state index is 11.3. The Bertz CT molecular complexity index is 227. The van der Waals surface area contributed by atoms with E-state index >= 15 is 0 Å². The lowest BCUT2D eigenvalue weighted by atomic mass is 10.1. The lowest BCUT2D eigenvalue weighted by molar-refractivity contribution is -0.120. The third-order valence-corrected chi connectivity index (χ3v) is 3.52. The van der Waals surface area contributed by atoms with Crippen LogP contribution in [0.15, 0.2) is 0 Å². The van der Waals surface area contributed by atoms with Crippen LogP contribution in [-0.4, -0.2) is 43.5 Å². The van der Waals surface area contributed by atoms with Crippen LogP contribution in [0.25, 0.3) is 0 Å². The molecular formula is C13H27N3O. The van der Waals surface area contributed by atoms with E-state index in [-0.39, 0.29) is 11.9 Å². The molecule has 1 rings (SSSR count). The molecular weight excluding hydrogens is 214 g/mol. The fourth-order valence-electron chi connectivity index (χ4n) is 2.59. The molecule has 4 nitrogen and oxygen atoms in total. The van der Waals surface area contributed by atoms with E-state index in [1.54, 1.807) is 0 Å². The molecule has 4 heteroatoms. The summed E-state index contributed by atoms with van der Waals surface area (Å²) in [6.07, 6.45) is 6.44. The summed E-state index contributed by atoms with van der Waals surface area (Å²) in [5.74, 6) is 0.580. The SMILES string of the molecule is CCCNC(CN(C)CC1CCCC1)C(N)=O. The number of rotatable bonds is 8. The van der Waals surface area contributed by atoms with Gasteiger partial charge in [-0.15, -0.1) is 0 Å². The van der Waals surface area contributed by atoms with Gasteiger partial charge in [-0.25, -0.2) is 0 Å². The Morgan fingerprint density at radius 2 is 2.12 bits per heavy atom. The molecule has 1 aliphatic carbocycles. The molecule has 100 valence electrons. The highest BCUT2D eigenvalue weighted by Crippen LogP contribution is 2.25. The van der Waals surface area contributed by atoms with Crippen molar-refractivity contribution < 1.29 is 4.79 Å². The van der Waals surface area contributed by atoms with Crippen molar-refractivity contribution in [3.63, 3.8) is 0 Å². The molecule has 0 heterocycles. The van der Waals surface area contributed by atoms with Gasteiger partial charge in [0.15, 0.2) is 0 Å². The average Bonchev–Trinajstić information content (AvgIpc) is 2.76. The van der Waals surface area contributed by atoms with Crippen LogP contribution in [-0.2, 0) is 4.79 Å². The monoisotopic (exact) mass is 241 g/mol. The van der Waals surface area contributed by atoms with E-state index in [2.05, 4.69) is 24.2 Å². The largest absolute Gasteiger partial charge is 0.368 e. The van der Waals surface area contributed by atoms with Crippen molar-refractivity contribution in [2.24, 2.45) is 11.7 Å². The first-order valence-corrected chi connectivity index (χ1v) is 6.84. The summed E-state index contributed by atoms with van der Waals surface area (Å²) in [6.45, 7) is 4.77. The minimum atomic E-state index is -0.239. The van der Waals surface area contributed by atoms with Crippen LogP contribution in [0.2, 0.25) is 0 Å². The third kappa shape index (κ3) is 5.50. The molecule has 0 spiro atoms. The molecule has 1 saturated carbocycles. The number of carbonyl (C=O) groups is 1. The summed E-state index contributed by atoms with van der Waals surface area (Å²) in [5, 5.41) is 3.21. The van der Waals surface area contributed by atoms with Crippen LogP contribution in [0.4, 0.5) is 0 Å². The molecule has 0 aromatic rings. The van der Waals surface area contributed by atoms with Gasteiger partial charge < -0.3 is 16.0 Å². The fourth-order valence-corrected chi connectivity index (χ4v) is 2.59. The van der Waals surface area contributed by atoms with E-state index in [1.165, 1.54) is 25.7 Å². The van der Waals surface area contributed by atoms with Crippen molar-refractivity contribution in [3.8, 4) is 0 Å². The molecule has 1 fully saturated rings. The van der Waals surface area contributed by atoms with Crippen molar-refractivity contribution in [2.45, 2.75) is 45.1 Å². The molecule has 1 amide bonds. The maximum atomic E-state index is 11.3. The molecule has 3 N–H and O–H groups in total. The van der Waals surface area contributed by atoms with Gasteiger partial charge in [0.25, 0.3) is 0 Å². The van der Waals surface area contributed by atoms with Gasteiger partial charge in [-0.2, -0.15) is 0 Å². The van der Waals surface area contributed by atoms with Gasteiger partial charge >= 0.3 is 0 Å². The Balaban J connectivity index is 2.29. The summed E-state index contributed by atoms with van der Waals surface area (Å²) in [4.78, 5) is 13.6. The Morgan fingerprint density at radius 3 is 2.65 bits per heavy atom. The lowest BCUT2D eigenvalue weighted by Crippen LogP contribution is -2.49. The Hall–Kier alpha value is -0.610. The number of hydrogen-bond donors (Lipinski definition) is 2. The molecule has 0 saturated heterocycles. The predicted molar refractivity (Wildman–Crippen MR) is 70.7 cm³/mol. The smallest absolute Gasteiger partial charge is 0.235 e. The van der Waals surface area contributed by atoms with Crippen molar-refractivity contribution in [1.82, 2.24) is 10.2 Å². The van der Waals surface area contributed by atoms with Gasteiger partial charge in [0.1, 0.15) is 0 Å². The van der Waals surface area contributed by atoms with Gasteiger partial charge in [-0.1, -0.05) is 19.8 Å². The van der Waals surface area contributed by atoms with E-state index in [0.717, 1.165) is 32.0 Å². The van der Waals surface area contributed by atoms with Crippen molar-refractivity contribution in [1.29, 1.82) is 0 Å². The zero-order chi connectivity index (χ0) is 12.7. The molecule has 0 aromatic heterocycles. The molecule has 0 radical (unpaired) electrons. The first kappa shape index (κ1) is 14.5. The average molecular weight is 241 g/mol. The molecule has 1 unspecified atom stereocenters.